The molecule has 1 N–H and O–H groups in total. The number of carbonyl (C=O) groups is 2. The van der Waals surface area contributed by atoms with Crippen molar-refractivity contribution in [1.29, 1.82) is 5.26 Å². The van der Waals surface area contributed by atoms with E-state index in [-0.39, 0.29) is 24.1 Å². The summed E-state index contributed by atoms with van der Waals surface area (Å²) in [6.07, 6.45) is 1.87. The second-order valence-corrected chi connectivity index (χ2v) is 8.51. The lowest BCUT2D eigenvalue weighted by Crippen LogP contribution is -2.41. The van der Waals surface area contributed by atoms with Crippen molar-refractivity contribution in [2.45, 2.75) is 51.8 Å². The summed E-state index contributed by atoms with van der Waals surface area (Å²) < 4.78 is 5.46. The van der Waals surface area contributed by atoms with Gasteiger partial charge in [-0.2, -0.15) is 5.26 Å². The zero-order chi connectivity index (χ0) is 21.9. The average molecular weight is 406 g/mol. The Morgan fingerprint density at radius 3 is 2.73 bits per heavy atom. The third-order valence-corrected chi connectivity index (χ3v) is 4.85. The van der Waals surface area contributed by atoms with Crippen molar-refractivity contribution in [2.24, 2.45) is 0 Å². The van der Waals surface area contributed by atoms with Crippen molar-refractivity contribution in [2.75, 3.05) is 6.54 Å². The van der Waals surface area contributed by atoms with Crippen LogP contribution in [0.2, 0.25) is 0 Å². The number of aromatic nitrogens is 1. The lowest BCUT2D eigenvalue weighted by molar-refractivity contribution is 0.0235. The van der Waals surface area contributed by atoms with E-state index in [1.165, 1.54) is 0 Å². The molecule has 2 amide bonds. The van der Waals surface area contributed by atoms with Crippen molar-refractivity contribution in [1.82, 2.24) is 15.2 Å². The van der Waals surface area contributed by atoms with Crippen LogP contribution in [0.25, 0.3) is 11.3 Å². The van der Waals surface area contributed by atoms with Crippen LogP contribution in [0.5, 0.6) is 0 Å². The van der Waals surface area contributed by atoms with E-state index < -0.39 is 5.60 Å². The third kappa shape index (κ3) is 5.15. The van der Waals surface area contributed by atoms with Gasteiger partial charge in [0, 0.05) is 36.0 Å². The fourth-order valence-electron chi connectivity index (χ4n) is 3.46. The molecule has 0 spiro atoms. The molecule has 0 bridgehead atoms. The molecule has 1 fully saturated rings. The summed E-state index contributed by atoms with van der Waals surface area (Å²) >= 11 is 0. The summed E-state index contributed by atoms with van der Waals surface area (Å²) in [6.45, 7) is 7.85. The van der Waals surface area contributed by atoms with Crippen molar-refractivity contribution in [3.63, 3.8) is 0 Å². The van der Waals surface area contributed by atoms with Crippen LogP contribution in [0.3, 0.4) is 0 Å². The molecule has 1 saturated heterocycles. The number of hydrogen-bond acceptors (Lipinski definition) is 5. The standard InChI is InChI=1S/C23H26N4O3/c1-15-10-19(14-27(15)22(29)30-23(2,3)4)26-21(28)18-8-9-25-20(12-18)17-7-5-6-16(11-17)13-24/h5-9,11-12,15,19H,10,14H2,1-4H3,(H,26,28)/t15-,19-/m1/s1. The molecule has 7 heteroatoms. The first kappa shape index (κ1) is 21.3. The van der Waals surface area contributed by atoms with Gasteiger partial charge in [-0.1, -0.05) is 12.1 Å². The smallest absolute Gasteiger partial charge is 0.410 e. The highest BCUT2D eigenvalue weighted by Gasteiger charge is 2.35. The first-order valence-corrected chi connectivity index (χ1v) is 9.93. The Bertz CT molecular complexity index is 990. The number of likely N-dealkylation sites (tertiary alicyclic amines) is 1. The van der Waals surface area contributed by atoms with Gasteiger partial charge in [-0.15, -0.1) is 0 Å². The summed E-state index contributed by atoms with van der Waals surface area (Å²) in [7, 11) is 0. The molecule has 1 aromatic carbocycles. The van der Waals surface area contributed by atoms with Gasteiger partial charge in [0.25, 0.3) is 5.91 Å². The maximum absolute atomic E-state index is 12.8. The van der Waals surface area contributed by atoms with Gasteiger partial charge in [0.15, 0.2) is 0 Å². The summed E-state index contributed by atoms with van der Waals surface area (Å²) in [5, 5.41) is 12.1. The highest BCUT2D eigenvalue weighted by Crippen LogP contribution is 2.22. The maximum atomic E-state index is 12.8. The second-order valence-electron chi connectivity index (χ2n) is 8.51. The molecule has 2 heterocycles. The van der Waals surface area contributed by atoms with Gasteiger partial charge in [-0.3, -0.25) is 9.78 Å². The van der Waals surface area contributed by atoms with Crippen molar-refractivity contribution >= 4 is 12.0 Å². The van der Waals surface area contributed by atoms with Crippen LogP contribution in [0.1, 0.15) is 50.0 Å². The van der Waals surface area contributed by atoms with E-state index in [1.807, 2.05) is 33.8 Å². The molecule has 1 aliphatic rings. The van der Waals surface area contributed by atoms with Gasteiger partial charge in [0.1, 0.15) is 5.60 Å². The average Bonchev–Trinajstić information content (AvgIpc) is 3.07. The van der Waals surface area contributed by atoms with E-state index in [2.05, 4.69) is 16.4 Å². The summed E-state index contributed by atoms with van der Waals surface area (Å²) in [6, 6.07) is 12.4. The van der Waals surface area contributed by atoms with Crippen LogP contribution in [0.15, 0.2) is 42.6 Å². The highest BCUT2D eigenvalue weighted by molar-refractivity contribution is 5.95. The molecule has 0 unspecified atom stereocenters. The largest absolute Gasteiger partial charge is 0.444 e. The zero-order valence-electron chi connectivity index (χ0n) is 17.7. The summed E-state index contributed by atoms with van der Waals surface area (Å²) in [5.41, 5.74) is 1.84. The van der Waals surface area contributed by atoms with Crippen LogP contribution in [-0.4, -0.2) is 46.1 Å². The van der Waals surface area contributed by atoms with Crippen LogP contribution in [-0.2, 0) is 4.74 Å². The van der Waals surface area contributed by atoms with Gasteiger partial charge in [-0.25, -0.2) is 4.79 Å². The van der Waals surface area contributed by atoms with Crippen LogP contribution in [0.4, 0.5) is 4.79 Å². The molecule has 0 saturated carbocycles. The van der Waals surface area contributed by atoms with Gasteiger partial charge in [0.05, 0.1) is 17.3 Å². The van der Waals surface area contributed by atoms with E-state index in [0.29, 0.717) is 29.8 Å². The number of rotatable bonds is 3. The molecule has 1 aromatic heterocycles. The lowest BCUT2D eigenvalue weighted by Gasteiger charge is -2.26. The Hall–Kier alpha value is -3.40. The van der Waals surface area contributed by atoms with Crippen LogP contribution < -0.4 is 5.32 Å². The van der Waals surface area contributed by atoms with E-state index >= 15 is 0 Å². The number of carbonyl (C=O) groups excluding carboxylic acids is 2. The number of ether oxygens (including phenoxy) is 1. The van der Waals surface area contributed by atoms with Crippen molar-refractivity contribution < 1.29 is 14.3 Å². The molecule has 7 nitrogen and oxygen atoms in total. The minimum Gasteiger partial charge on any atom is -0.444 e. The Labute approximate surface area is 176 Å². The minimum absolute atomic E-state index is 0.0214. The molecule has 2 aromatic rings. The number of benzene rings is 1. The number of pyridine rings is 1. The summed E-state index contributed by atoms with van der Waals surface area (Å²) in [5.74, 6) is -0.224. The second kappa shape index (κ2) is 8.54. The Balaban J connectivity index is 1.68. The SMILES string of the molecule is C[C@@H]1C[C@@H](NC(=O)c2ccnc(-c3cccc(C#N)c3)c2)CN1C(=O)OC(C)(C)C. The van der Waals surface area contributed by atoms with Gasteiger partial charge < -0.3 is 15.0 Å². The van der Waals surface area contributed by atoms with Crippen molar-refractivity contribution in [3.05, 3.63) is 53.7 Å². The van der Waals surface area contributed by atoms with Gasteiger partial charge in [0.2, 0.25) is 0 Å². The molecule has 156 valence electrons. The van der Waals surface area contributed by atoms with Gasteiger partial charge >= 0.3 is 6.09 Å². The molecule has 3 rings (SSSR count). The number of hydrogen-bond donors (Lipinski definition) is 1. The molecule has 2 atom stereocenters. The predicted octanol–water partition coefficient (Wildman–Crippen LogP) is 3.75. The lowest BCUT2D eigenvalue weighted by atomic mass is 10.1. The predicted molar refractivity (Wildman–Crippen MR) is 113 cm³/mol. The van der Waals surface area contributed by atoms with Gasteiger partial charge in [-0.05, 0) is 58.4 Å². The fourth-order valence-corrected chi connectivity index (χ4v) is 3.46. The number of amides is 2. The minimum atomic E-state index is -0.561. The number of nitriles is 1. The van der Waals surface area contributed by atoms with Crippen molar-refractivity contribution in [3.8, 4) is 17.3 Å². The summed E-state index contributed by atoms with van der Waals surface area (Å²) in [4.78, 5) is 31.2. The molecular formula is C23H26N4O3. The zero-order valence-corrected chi connectivity index (χ0v) is 17.7. The van der Waals surface area contributed by atoms with E-state index in [4.69, 9.17) is 10.00 Å². The Kier molecular flexibility index (Phi) is 6.06. The molecule has 1 aliphatic heterocycles. The number of nitrogens with one attached hydrogen (secondary N) is 1. The fraction of sp³-hybridized carbons (Fsp3) is 0.391. The monoisotopic (exact) mass is 406 g/mol. The Morgan fingerprint density at radius 1 is 1.27 bits per heavy atom. The van der Waals surface area contributed by atoms with Crippen LogP contribution >= 0.6 is 0 Å². The molecule has 0 radical (unpaired) electrons. The van der Waals surface area contributed by atoms with E-state index in [9.17, 15) is 9.59 Å². The molecule has 0 aliphatic carbocycles. The Morgan fingerprint density at radius 2 is 2.03 bits per heavy atom. The van der Waals surface area contributed by atoms with E-state index in [0.717, 1.165) is 5.56 Å². The quantitative estimate of drug-likeness (QED) is 0.838. The van der Waals surface area contributed by atoms with E-state index in [1.54, 1.807) is 41.4 Å². The molecular weight excluding hydrogens is 380 g/mol. The third-order valence-electron chi connectivity index (χ3n) is 4.85. The normalized spacial score (nSPS) is 18.6. The molecule has 30 heavy (non-hydrogen) atoms. The maximum Gasteiger partial charge on any atom is 0.410 e. The topological polar surface area (TPSA) is 95.3 Å². The number of nitrogens with zero attached hydrogens (tertiary/aromatic N) is 3. The highest BCUT2D eigenvalue weighted by atomic mass is 16.6. The first-order valence-electron chi connectivity index (χ1n) is 9.93. The first-order chi connectivity index (χ1) is 14.2. The van der Waals surface area contributed by atoms with Crippen LogP contribution in [0, 0.1) is 11.3 Å².